The number of aryl methyl sites for hydroxylation is 1. The van der Waals surface area contributed by atoms with Crippen LogP contribution in [0.1, 0.15) is 12.6 Å². The summed E-state index contributed by atoms with van der Waals surface area (Å²) >= 11 is 1.39. The van der Waals surface area contributed by atoms with Gasteiger partial charge in [-0.2, -0.15) is 0 Å². The SMILES string of the molecule is CCOCC(O)CSc1nc(C)co1. The largest absolute Gasteiger partial charge is 0.440 e. The lowest BCUT2D eigenvalue weighted by Gasteiger charge is -2.07. The summed E-state index contributed by atoms with van der Waals surface area (Å²) in [5.74, 6) is 0.542. The standard InChI is InChI=1S/C9H15NO3S/c1-3-12-5-8(11)6-14-9-10-7(2)4-13-9/h4,8,11H,3,5-6H2,1-2H3. The van der Waals surface area contributed by atoms with Gasteiger partial charge in [-0.05, 0) is 13.8 Å². The van der Waals surface area contributed by atoms with Gasteiger partial charge in [0.1, 0.15) is 6.26 Å². The zero-order chi connectivity index (χ0) is 10.4. The molecule has 1 unspecified atom stereocenters. The first-order valence-corrected chi connectivity index (χ1v) is 5.51. The van der Waals surface area contributed by atoms with E-state index in [1.807, 2.05) is 13.8 Å². The summed E-state index contributed by atoms with van der Waals surface area (Å²) in [5, 5.41) is 10.0. The highest BCUT2D eigenvalue weighted by Gasteiger charge is 2.07. The van der Waals surface area contributed by atoms with Crippen LogP contribution in [-0.4, -0.2) is 35.2 Å². The first kappa shape index (κ1) is 11.6. The Morgan fingerprint density at radius 2 is 2.50 bits per heavy atom. The highest BCUT2D eigenvalue weighted by Crippen LogP contribution is 2.17. The summed E-state index contributed by atoms with van der Waals surface area (Å²) in [6, 6.07) is 0. The minimum Gasteiger partial charge on any atom is -0.440 e. The number of thioether (sulfide) groups is 1. The van der Waals surface area contributed by atoms with Crippen LogP contribution in [0.4, 0.5) is 0 Å². The monoisotopic (exact) mass is 217 g/mol. The van der Waals surface area contributed by atoms with Gasteiger partial charge in [0.25, 0.3) is 5.22 Å². The van der Waals surface area contributed by atoms with E-state index in [0.29, 0.717) is 24.2 Å². The molecule has 0 amide bonds. The van der Waals surface area contributed by atoms with Gasteiger partial charge >= 0.3 is 0 Å². The first-order chi connectivity index (χ1) is 6.72. The molecule has 0 aliphatic carbocycles. The lowest BCUT2D eigenvalue weighted by Crippen LogP contribution is -2.17. The van der Waals surface area contributed by atoms with E-state index in [1.54, 1.807) is 6.26 Å². The second-order valence-electron chi connectivity index (χ2n) is 2.88. The van der Waals surface area contributed by atoms with Gasteiger partial charge in [-0.15, -0.1) is 0 Å². The molecule has 0 aromatic carbocycles. The molecular formula is C9H15NO3S. The van der Waals surface area contributed by atoms with E-state index in [1.165, 1.54) is 11.8 Å². The zero-order valence-electron chi connectivity index (χ0n) is 8.40. The van der Waals surface area contributed by atoms with E-state index < -0.39 is 6.10 Å². The molecule has 1 N–H and O–H groups in total. The maximum absolute atomic E-state index is 9.43. The topological polar surface area (TPSA) is 55.5 Å². The van der Waals surface area contributed by atoms with Gasteiger partial charge in [0, 0.05) is 12.4 Å². The fraction of sp³-hybridized carbons (Fsp3) is 0.667. The van der Waals surface area contributed by atoms with Gasteiger partial charge < -0.3 is 14.3 Å². The lowest BCUT2D eigenvalue weighted by molar-refractivity contribution is 0.0550. The van der Waals surface area contributed by atoms with Crippen LogP contribution in [0.2, 0.25) is 0 Å². The molecule has 5 heteroatoms. The number of rotatable bonds is 6. The fourth-order valence-electron chi connectivity index (χ4n) is 0.868. The molecule has 1 heterocycles. The number of oxazole rings is 1. The molecule has 0 aliphatic heterocycles. The van der Waals surface area contributed by atoms with Gasteiger partial charge in [0.05, 0.1) is 18.4 Å². The van der Waals surface area contributed by atoms with Crippen LogP contribution in [0.25, 0.3) is 0 Å². The highest BCUT2D eigenvalue weighted by atomic mass is 32.2. The van der Waals surface area contributed by atoms with Gasteiger partial charge in [0.15, 0.2) is 0 Å². The maximum Gasteiger partial charge on any atom is 0.255 e. The molecule has 0 saturated carbocycles. The first-order valence-electron chi connectivity index (χ1n) is 4.53. The number of hydrogen-bond acceptors (Lipinski definition) is 5. The molecule has 0 aliphatic rings. The third-order valence-corrected chi connectivity index (χ3v) is 2.50. The maximum atomic E-state index is 9.43. The van der Waals surface area contributed by atoms with Crippen molar-refractivity contribution in [1.29, 1.82) is 0 Å². The molecule has 14 heavy (non-hydrogen) atoms. The summed E-state index contributed by atoms with van der Waals surface area (Å²) in [6.45, 7) is 4.75. The van der Waals surface area contributed by atoms with Crippen molar-refractivity contribution < 1.29 is 14.3 Å². The van der Waals surface area contributed by atoms with E-state index in [4.69, 9.17) is 9.15 Å². The van der Waals surface area contributed by atoms with Crippen molar-refractivity contribution in [2.75, 3.05) is 19.0 Å². The molecule has 0 spiro atoms. The predicted molar refractivity (Wildman–Crippen MR) is 54.5 cm³/mol. The third-order valence-electron chi connectivity index (χ3n) is 1.51. The third kappa shape index (κ3) is 4.13. The van der Waals surface area contributed by atoms with Gasteiger partial charge in [-0.1, -0.05) is 11.8 Å². The molecule has 1 atom stereocenters. The summed E-state index contributed by atoms with van der Waals surface area (Å²) in [6.07, 6.45) is 1.13. The van der Waals surface area contributed by atoms with Crippen LogP contribution in [0.5, 0.6) is 0 Å². The van der Waals surface area contributed by atoms with Crippen LogP contribution in [0.15, 0.2) is 15.9 Å². The number of aromatic nitrogens is 1. The van der Waals surface area contributed by atoms with Crippen molar-refractivity contribution in [1.82, 2.24) is 4.98 Å². The number of hydrogen-bond donors (Lipinski definition) is 1. The van der Waals surface area contributed by atoms with Crippen molar-refractivity contribution in [3.63, 3.8) is 0 Å². The molecular weight excluding hydrogens is 202 g/mol. The second kappa shape index (κ2) is 6.06. The van der Waals surface area contributed by atoms with Crippen LogP contribution >= 0.6 is 11.8 Å². The average molecular weight is 217 g/mol. The minimum absolute atomic E-state index is 0.364. The molecule has 4 nitrogen and oxygen atoms in total. The molecule has 80 valence electrons. The van der Waals surface area contributed by atoms with Crippen LogP contribution in [0, 0.1) is 6.92 Å². The van der Waals surface area contributed by atoms with Crippen LogP contribution < -0.4 is 0 Å². The van der Waals surface area contributed by atoms with E-state index in [9.17, 15) is 5.11 Å². The van der Waals surface area contributed by atoms with Crippen molar-refractivity contribution >= 4 is 11.8 Å². The molecule has 1 aromatic heterocycles. The Labute approximate surface area is 87.7 Å². The summed E-state index contributed by atoms with van der Waals surface area (Å²) < 4.78 is 10.2. The van der Waals surface area contributed by atoms with Crippen LogP contribution in [-0.2, 0) is 4.74 Å². The van der Waals surface area contributed by atoms with Gasteiger partial charge in [0.2, 0.25) is 0 Å². The zero-order valence-corrected chi connectivity index (χ0v) is 9.21. The summed E-state index contributed by atoms with van der Waals surface area (Å²) in [5.41, 5.74) is 0.854. The predicted octanol–water partition coefficient (Wildman–Crippen LogP) is 1.47. The van der Waals surface area contributed by atoms with Crippen LogP contribution in [0.3, 0.4) is 0 Å². The van der Waals surface area contributed by atoms with E-state index in [0.717, 1.165) is 5.69 Å². The smallest absolute Gasteiger partial charge is 0.255 e. The Kier molecular flexibility index (Phi) is 5.00. The number of aliphatic hydroxyl groups is 1. The number of nitrogens with zero attached hydrogens (tertiary/aromatic N) is 1. The Bertz CT molecular complexity index is 264. The Hall–Kier alpha value is -0.520. The minimum atomic E-state index is -0.466. The summed E-state index contributed by atoms with van der Waals surface area (Å²) in [7, 11) is 0. The lowest BCUT2D eigenvalue weighted by atomic mass is 10.4. The van der Waals surface area contributed by atoms with E-state index in [2.05, 4.69) is 4.98 Å². The quantitative estimate of drug-likeness (QED) is 0.731. The van der Waals surface area contributed by atoms with Gasteiger partial charge in [-0.3, -0.25) is 0 Å². The average Bonchev–Trinajstić information content (AvgIpc) is 2.58. The molecule has 1 rings (SSSR count). The molecule has 0 radical (unpaired) electrons. The van der Waals surface area contributed by atoms with Crippen molar-refractivity contribution in [3.05, 3.63) is 12.0 Å². The second-order valence-corrected chi connectivity index (χ2v) is 3.85. The van der Waals surface area contributed by atoms with Crippen molar-refractivity contribution in [3.8, 4) is 0 Å². The van der Waals surface area contributed by atoms with Crippen molar-refractivity contribution in [2.24, 2.45) is 0 Å². The molecule has 1 aromatic rings. The Morgan fingerprint density at radius 3 is 3.07 bits per heavy atom. The highest BCUT2D eigenvalue weighted by molar-refractivity contribution is 7.99. The Balaban J connectivity index is 2.20. The van der Waals surface area contributed by atoms with E-state index >= 15 is 0 Å². The number of aliphatic hydroxyl groups excluding tert-OH is 1. The Morgan fingerprint density at radius 1 is 1.71 bits per heavy atom. The molecule has 0 saturated heterocycles. The molecule has 0 fully saturated rings. The van der Waals surface area contributed by atoms with E-state index in [-0.39, 0.29) is 0 Å². The number of ether oxygens (including phenoxy) is 1. The van der Waals surface area contributed by atoms with Gasteiger partial charge in [-0.25, -0.2) is 4.98 Å². The normalized spacial score (nSPS) is 13.1. The van der Waals surface area contributed by atoms with Crippen molar-refractivity contribution in [2.45, 2.75) is 25.2 Å². The fourth-order valence-corrected chi connectivity index (χ4v) is 1.62. The summed E-state index contributed by atoms with van der Waals surface area (Å²) in [4.78, 5) is 4.11. The molecule has 0 bridgehead atoms.